The molecule has 1 aromatic carbocycles. The number of aromatic nitrogens is 1. The van der Waals surface area contributed by atoms with E-state index in [-0.39, 0.29) is 27.6 Å². The standard InChI is InChI=1S/C21H19Cl2FN2O3/c1-11-17(24)18(26-19-14(22)9-25-10-15(19)23)13-7-8-16(27-2)21(20(13)28-11)29-12-5-3-4-6-12/h7-10,12H,1,3-6H2,2H3,(H,25,26). The van der Waals surface area contributed by atoms with E-state index in [4.69, 9.17) is 37.4 Å². The molecule has 2 heterocycles. The second kappa shape index (κ2) is 8.13. The number of halogens is 3. The fraction of sp³-hybridized carbons (Fsp3) is 0.286. The smallest absolute Gasteiger partial charge is 0.205 e. The molecule has 1 aromatic heterocycles. The van der Waals surface area contributed by atoms with Gasteiger partial charge in [0, 0.05) is 18.0 Å². The summed E-state index contributed by atoms with van der Waals surface area (Å²) >= 11 is 12.4. The molecule has 0 amide bonds. The molecule has 0 radical (unpaired) electrons. The number of anilines is 1. The first-order chi connectivity index (χ1) is 14.0. The summed E-state index contributed by atoms with van der Waals surface area (Å²) in [5, 5.41) is 3.49. The maximum absolute atomic E-state index is 15.0. The van der Waals surface area contributed by atoms with Gasteiger partial charge in [0.1, 0.15) is 0 Å². The Morgan fingerprint density at radius 1 is 1.21 bits per heavy atom. The summed E-state index contributed by atoms with van der Waals surface area (Å²) in [5.41, 5.74) is 0.918. The first kappa shape index (κ1) is 19.9. The van der Waals surface area contributed by atoms with Gasteiger partial charge in [-0.25, -0.2) is 4.39 Å². The summed E-state index contributed by atoms with van der Waals surface area (Å²) < 4.78 is 32.4. The normalized spacial score (nSPS) is 16.5. The van der Waals surface area contributed by atoms with Gasteiger partial charge in [0.05, 0.1) is 34.6 Å². The maximum Gasteiger partial charge on any atom is 0.205 e. The zero-order valence-electron chi connectivity index (χ0n) is 15.7. The Balaban J connectivity index is 1.81. The van der Waals surface area contributed by atoms with E-state index >= 15 is 4.39 Å². The Kier molecular flexibility index (Phi) is 5.56. The number of hydrogen-bond donors (Lipinski definition) is 1. The first-order valence-corrected chi connectivity index (χ1v) is 9.96. The molecule has 152 valence electrons. The highest BCUT2D eigenvalue weighted by Gasteiger charge is 2.31. The van der Waals surface area contributed by atoms with Gasteiger partial charge in [0.25, 0.3) is 0 Å². The summed E-state index contributed by atoms with van der Waals surface area (Å²) in [6.07, 6.45) is 7.02. The van der Waals surface area contributed by atoms with E-state index in [1.165, 1.54) is 12.4 Å². The Bertz CT molecular complexity index is 983. The van der Waals surface area contributed by atoms with Crippen molar-refractivity contribution in [3.8, 4) is 17.2 Å². The second-order valence-corrected chi connectivity index (χ2v) is 7.63. The summed E-state index contributed by atoms with van der Waals surface area (Å²) in [5.74, 6) is 0.470. The largest absolute Gasteiger partial charge is 0.493 e. The minimum Gasteiger partial charge on any atom is -0.493 e. The van der Waals surface area contributed by atoms with Crippen LogP contribution >= 0.6 is 23.2 Å². The molecule has 0 bridgehead atoms. The number of nitrogens with zero attached hydrogens (tertiary/aromatic N) is 1. The monoisotopic (exact) mass is 436 g/mol. The van der Waals surface area contributed by atoms with E-state index in [0.29, 0.717) is 28.5 Å². The number of allylic oxidation sites excluding steroid dienone is 1. The summed E-state index contributed by atoms with van der Waals surface area (Å²) in [7, 11) is 1.55. The molecular formula is C21H19Cl2FN2O3. The van der Waals surface area contributed by atoms with Gasteiger partial charge in [-0.3, -0.25) is 4.98 Å². The van der Waals surface area contributed by atoms with Crippen LogP contribution < -0.4 is 19.5 Å². The molecule has 4 rings (SSSR count). The van der Waals surface area contributed by atoms with Crippen molar-refractivity contribution >= 4 is 34.6 Å². The number of methoxy groups -OCH3 is 1. The molecule has 0 saturated heterocycles. The van der Waals surface area contributed by atoms with Crippen LogP contribution in [0.1, 0.15) is 31.2 Å². The molecule has 0 spiro atoms. The van der Waals surface area contributed by atoms with Crippen LogP contribution in [-0.4, -0.2) is 18.2 Å². The van der Waals surface area contributed by atoms with Crippen LogP contribution in [0.25, 0.3) is 5.70 Å². The van der Waals surface area contributed by atoms with Gasteiger partial charge in [0.15, 0.2) is 23.1 Å². The fourth-order valence-corrected chi connectivity index (χ4v) is 3.95. The second-order valence-electron chi connectivity index (χ2n) is 6.82. The number of nitrogens with one attached hydrogen (secondary N) is 1. The Morgan fingerprint density at radius 3 is 2.55 bits per heavy atom. The van der Waals surface area contributed by atoms with Crippen molar-refractivity contribution in [3.05, 3.63) is 58.3 Å². The van der Waals surface area contributed by atoms with E-state index in [1.807, 2.05) is 0 Å². The van der Waals surface area contributed by atoms with Crippen LogP contribution in [0.3, 0.4) is 0 Å². The van der Waals surface area contributed by atoms with E-state index < -0.39 is 5.83 Å². The lowest BCUT2D eigenvalue weighted by Gasteiger charge is -2.27. The molecule has 1 aliphatic heterocycles. The van der Waals surface area contributed by atoms with Gasteiger partial charge in [0.2, 0.25) is 5.75 Å². The zero-order valence-corrected chi connectivity index (χ0v) is 17.2. The third kappa shape index (κ3) is 3.74. The highest BCUT2D eigenvalue weighted by molar-refractivity contribution is 6.39. The molecule has 2 aromatic rings. The van der Waals surface area contributed by atoms with Crippen molar-refractivity contribution in [3.63, 3.8) is 0 Å². The van der Waals surface area contributed by atoms with E-state index in [0.717, 1.165) is 25.7 Å². The number of hydrogen-bond acceptors (Lipinski definition) is 5. The SMILES string of the molecule is C=C1Oc2c(ccc(OC)c2OC2CCCC2)C(Nc2c(Cl)cncc2Cl)=C1F. The van der Waals surface area contributed by atoms with Crippen molar-refractivity contribution in [2.75, 3.05) is 12.4 Å². The molecule has 8 heteroatoms. The van der Waals surface area contributed by atoms with Crippen LogP contribution in [-0.2, 0) is 0 Å². The molecule has 2 aliphatic rings. The maximum atomic E-state index is 15.0. The third-order valence-electron chi connectivity index (χ3n) is 4.94. The summed E-state index contributed by atoms with van der Waals surface area (Å²) in [6, 6.07) is 3.40. The van der Waals surface area contributed by atoms with Gasteiger partial charge < -0.3 is 19.5 Å². The molecular weight excluding hydrogens is 418 g/mol. The predicted octanol–water partition coefficient (Wildman–Crippen LogP) is 6.37. The van der Waals surface area contributed by atoms with Crippen LogP contribution in [0.2, 0.25) is 10.0 Å². The van der Waals surface area contributed by atoms with Crippen molar-refractivity contribution < 1.29 is 18.6 Å². The molecule has 1 N–H and O–H groups in total. The van der Waals surface area contributed by atoms with Crippen LogP contribution in [0, 0.1) is 0 Å². The summed E-state index contributed by atoms with van der Waals surface area (Å²) in [6.45, 7) is 3.69. The number of benzene rings is 1. The summed E-state index contributed by atoms with van der Waals surface area (Å²) in [4.78, 5) is 3.92. The number of pyridine rings is 1. The van der Waals surface area contributed by atoms with Gasteiger partial charge in [-0.05, 0) is 37.8 Å². The lowest BCUT2D eigenvalue weighted by molar-refractivity contribution is 0.191. The van der Waals surface area contributed by atoms with Gasteiger partial charge in [-0.1, -0.05) is 29.8 Å². The molecule has 1 aliphatic carbocycles. The quantitative estimate of drug-likeness (QED) is 0.589. The van der Waals surface area contributed by atoms with Crippen LogP contribution in [0.4, 0.5) is 10.1 Å². The average Bonchev–Trinajstić information content (AvgIpc) is 3.21. The number of rotatable bonds is 5. The Hall–Kier alpha value is -2.44. The lowest BCUT2D eigenvalue weighted by atomic mass is 10.0. The van der Waals surface area contributed by atoms with E-state index in [9.17, 15) is 0 Å². The first-order valence-electron chi connectivity index (χ1n) is 9.20. The topological polar surface area (TPSA) is 52.6 Å². The molecule has 5 nitrogen and oxygen atoms in total. The van der Waals surface area contributed by atoms with Crippen molar-refractivity contribution in [1.29, 1.82) is 0 Å². The van der Waals surface area contributed by atoms with Crippen LogP contribution in [0.15, 0.2) is 42.7 Å². The molecule has 0 atom stereocenters. The third-order valence-corrected chi connectivity index (χ3v) is 5.52. The van der Waals surface area contributed by atoms with Gasteiger partial charge in [-0.2, -0.15) is 0 Å². The van der Waals surface area contributed by atoms with Crippen LogP contribution in [0.5, 0.6) is 17.2 Å². The minimum absolute atomic E-state index is 0.0588. The predicted molar refractivity (Wildman–Crippen MR) is 112 cm³/mol. The molecule has 1 fully saturated rings. The van der Waals surface area contributed by atoms with Crippen molar-refractivity contribution in [2.45, 2.75) is 31.8 Å². The van der Waals surface area contributed by atoms with E-state index in [2.05, 4.69) is 16.9 Å². The Labute approximate surface area is 178 Å². The van der Waals surface area contributed by atoms with Crippen molar-refractivity contribution in [2.24, 2.45) is 0 Å². The minimum atomic E-state index is -0.654. The Morgan fingerprint density at radius 2 is 1.90 bits per heavy atom. The zero-order chi connectivity index (χ0) is 20.5. The number of ether oxygens (including phenoxy) is 3. The molecule has 0 unspecified atom stereocenters. The lowest BCUT2D eigenvalue weighted by Crippen LogP contribution is -2.17. The highest BCUT2D eigenvalue weighted by atomic mass is 35.5. The average molecular weight is 437 g/mol. The van der Waals surface area contributed by atoms with Gasteiger partial charge in [-0.15, -0.1) is 0 Å². The number of fused-ring (bicyclic) bond motifs is 1. The van der Waals surface area contributed by atoms with Gasteiger partial charge >= 0.3 is 0 Å². The van der Waals surface area contributed by atoms with E-state index in [1.54, 1.807) is 19.2 Å². The van der Waals surface area contributed by atoms with Crippen molar-refractivity contribution in [1.82, 2.24) is 4.98 Å². The fourth-order valence-electron chi connectivity index (χ4n) is 3.49. The highest BCUT2D eigenvalue weighted by Crippen LogP contribution is 2.49. The molecule has 1 saturated carbocycles. The molecule has 29 heavy (non-hydrogen) atoms.